The molecule has 0 aliphatic heterocycles. The highest BCUT2D eigenvalue weighted by atomic mass is 79.9. The Balaban J connectivity index is 2.28. The van der Waals surface area contributed by atoms with Crippen molar-refractivity contribution < 1.29 is 4.52 Å². The second kappa shape index (κ2) is 3.77. The molecule has 0 unspecified atom stereocenters. The smallest absolute Gasteiger partial charge is 0.248 e. The second-order valence-electron chi connectivity index (χ2n) is 3.38. The summed E-state index contributed by atoms with van der Waals surface area (Å²) >= 11 is 3.47. The molecule has 0 aliphatic carbocycles. The average Bonchev–Trinajstić information content (AvgIpc) is 2.68. The molecule has 0 atom stereocenters. The van der Waals surface area contributed by atoms with Gasteiger partial charge < -0.3 is 4.52 Å². The number of aryl methyl sites for hydroxylation is 2. The van der Waals surface area contributed by atoms with E-state index in [0.29, 0.717) is 18.3 Å². The van der Waals surface area contributed by atoms with Gasteiger partial charge in [0, 0.05) is 0 Å². The van der Waals surface area contributed by atoms with Gasteiger partial charge in [0.2, 0.25) is 5.89 Å². The molecular formula is C9H11BrN4O. The van der Waals surface area contributed by atoms with Crippen LogP contribution < -0.4 is 0 Å². The zero-order chi connectivity index (χ0) is 11.0. The molecule has 15 heavy (non-hydrogen) atoms. The summed E-state index contributed by atoms with van der Waals surface area (Å²) in [5.41, 5.74) is 2.02. The summed E-state index contributed by atoms with van der Waals surface area (Å²) in [6.45, 7) is 6.25. The molecule has 80 valence electrons. The lowest BCUT2D eigenvalue weighted by molar-refractivity contribution is 0.361. The molecule has 0 fully saturated rings. The minimum atomic E-state index is 0.513. The molecule has 0 aromatic carbocycles. The molecular weight excluding hydrogens is 260 g/mol. The van der Waals surface area contributed by atoms with E-state index in [4.69, 9.17) is 4.52 Å². The van der Waals surface area contributed by atoms with E-state index in [1.54, 1.807) is 6.92 Å². The van der Waals surface area contributed by atoms with Gasteiger partial charge in [-0.2, -0.15) is 10.1 Å². The van der Waals surface area contributed by atoms with Crippen molar-refractivity contribution in [1.82, 2.24) is 19.9 Å². The molecule has 5 nitrogen and oxygen atoms in total. The third kappa shape index (κ3) is 1.94. The summed E-state index contributed by atoms with van der Waals surface area (Å²) in [4.78, 5) is 4.13. The van der Waals surface area contributed by atoms with E-state index in [9.17, 15) is 0 Å². The molecule has 0 saturated heterocycles. The van der Waals surface area contributed by atoms with Crippen molar-refractivity contribution in [3.8, 4) is 0 Å². The van der Waals surface area contributed by atoms with E-state index < -0.39 is 0 Å². The highest BCUT2D eigenvalue weighted by Gasteiger charge is 2.11. The molecule has 0 spiro atoms. The van der Waals surface area contributed by atoms with E-state index in [-0.39, 0.29) is 0 Å². The maximum atomic E-state index is 5.04. The maximum absolute atomic E-state index is 5.04. The number of hydrogen-bond acceptors (Lipinski definition) is 4. The van der Waals surface area contributed by atoms with Crippen molar-refractivity contribution in [1.29, 1.82) is 0 Å². The largest absolute Gasteiger partial charge is 0.337 e. The molecule has 0 radical (unpaired) electrons. The Morgan fingerprint density at radius 1 is 1.33 bits per heavy atom. The number of hydrogen-bond donors (Lipinski definition) is 0. The minimum Gasteiger partial charge on any atom is -0.337 e. The first kappa shape index (κ1) is 10.4. The van der Waals surface area contributed by atoms with Crippen molar-refractivity contribution >= 4 is 15.9 Å². The first-order chi connectivity index (χ1) is 7.08. The van der Waals surface area contributed by atoms with Crippen LogP contribution in [0.5, 0.6) is 0 Å². The second-order valence-corrected chi connectivity index (χ2v) is 4.17. The number of rotatable bonds is 2. The van der Waals surface area contributed by atoms with E-state index in [0.717, 1.165) is 15.9 Å². The Kier molecular flexibility index (Phi) is 2.60. The van der Waals surface area contributed by atoms with Gasteiger partial charge in [-0.1, -0.05) is 5.16 Å². The van der Waals surface area contributed by atoms with Crippen LogP contribution in [0, 0.1) is 20.8 Å². The molecule has 0 saturated carbocycles. The van der Waals surface area contributed by atoms with Crippen molar-refractivity contribution in [3.63, 3.8) is 0 Å². The van der Waals surface area contributed by atoms with Gasteiger partial charge in [-0.3, -0.25) is 4.68 Å². The van der Waals surface area contributed by atoms with Crippen LogP contribution in [0.2, 0.25) is 0 Å². The van der Waals surface area contributed by atoms with E-state index >= 15 is 0 Å². The van der Waals surface area contributed by atoms with Crippen molar-refractivity contribution in [2.24, 2.45) is 0 Å². The molecule has 2 aromatic heterocycles. The quantitative estimate of drug-likeness (QED) is 0.838. The summed E-state index contributed by atoms with van der Waals surface area (Å²) in [5.74, 6) is 1.22. The lowest BCUT2D eigenvalue weighted by Crippen LogP contribution is -2.04. The summed E-state index contributed by atoms with van der Waals surface area (Å²) in [6.07, 6.45) is 0. The molecule has 0 bridgehead atoms. The highest BCUT2D eigenvalue weighted by molar-refractivity contribution is 9.10. The Bertz CT molecular complexity index is 488. The lowest BCUT2D eigenvalue weighted by atomic mass is 10.4. The van der Waals surface area contributed by atoms with Crippen LogP contribution in [0.4, 0.5) is 0 Å². The van der Waals surface area contributed by atoms with Gasteiger partial charge >= 0.3 is 0 Å². The van der Waals surface area contributed by atoms with Crippen LogP contribution in [0.1, 0.15) is 23.1 Å². The van der Waals surface area contributed by atoms with Gasteiger partial charge in [0.25, 0.3) is 0 Å². The summed E-state index contributed by atoms with van der Waals surface area (Å²) in [7, 11) is 0. The average molecular weight is 271 g/mol. The van der Waals surface area contributed by atoms with E-state index in [1.165, 1.54) is 0 Å². The Morgan fingerprint density at radius 2 is 2.07 bits per heavy atom. The topological polar surface area (TPSA) is 56.7 Å². The molecule has 6 heteroatoms. The van der Waals surface area contributed by atoms with Crippen LogP contribution in [-0.4, -0.2) is 19.9 Å². The predicted molar refractivity (Wildman–Crippen MR) is 57.5 cm³/mol. The van der Waals surface area contributed by atoms with Gasteiger partial charge in [0.15, 0.2) is 5.82 Å². The van der Waals surface area contributed by atoms with Crippen LogP contribution in [-0.2, 0) is 6.54 Å². The van der Waals surface area contributed by atoms with Gasteiger partial charge in [-0.25, -0.2) is 0 Å². The van der Waals surface area contributed by atoms with Crippen LogP contribution in [0.15, 0.2) is 9.00 Å². The normalized spacial score (nSPS) is 10.9. The minimum absolute atomic E-state index is 0.513. The molecule has 0 aliphatic rings. The third-order valence-electron chi connectivity index (χ3n) is 2.15. The van der Waals surface area contributed by atoms with Crippen molar-refractivity contribution in [2.45, 2.75) is 27.3 Å². The standard InChI is InChI=1S/C9H11BrN4O/c1-5-9(10)6(2)14(12-5)4-8-11-7(3)13-15-8/h4H2,1-3H3. The van der Waals surface area contributed by atoms with Gasteiger partial charge in [0.05, 0.1) is 15.9 Å². The van der Waals surface area contributed by atoms with Crippen LogP contribution in [0.25, 0.3) is 0 Å². The fourth-order valence-electron chi connectivity index (χ4n) is 1.36. The third-order valence-corrected chi connectivity index (χ3v) is 3.30. The molecule has 2 rings (SSSR count). The van der Waals surface area contributed by atoms with Gasteiger partial charge in [-0.05, 0) is 36.7 Å². The molecule has 2 aromatic rings. The Morgan fingerprint density at radius 3 is 2.53 bits per heavy atom. The first-order valence-electron chi connectivity index (χ1n) is 4.56. The molecule has 0 amide bonds. The fourth-order valence-corrected chi connectivity index (χ4v) is 1.65. The summed E-state index contributed by atoms with van der Waals surface area (Å²) < 4.78 is 7.90. The number of nitrogens with zero attached hydrogens (tertiary/aromatic N) is 4. The lowest BCUT2D eigenvalue weighted by Gasteiger charge is -1.98. The van der Waals surface area contributed by atoms with Gasteiger partial charge in [0.1, 0.15) is 6.54 Å². The first-order valence-corrected chi connectivity index (χ1v) is 5.36. The van der Waals surface area contributed by atoms with Crippen molar-refractivity contribution in [2.75, 3.05) is 0 Å². The Hall–Kier alpha value is -1.17. The van der Waals surface area contributed by atoms with E-state index in [1.807, 2.05) is 18.5 Å². The van der Waals surface area contributed by atoms with Crippen molar-refractivity contribution in [3.05, 3.63) is 27.6 Å². The van der Waals surface area contributed by atoms with Gasteiger partial charge in [-0.15, -0.1) is 0 Å². The Labute approximate surface area is 95.6 Å². The zero-order valence-corrected chi connectivity index (χ0v) is 10.4. The zero-order valence-electron chi connectivity index (χ0n) is 8.78. The summed E-state index contributed by atoms with van der Waals surface area (Å²) in [6, 6.07) is 0. The molecule has 0 N–H and O–H groups in total. The monoisotopic (exact) mass is 270 g/mol. The van der Waals surface area contributed by atoms with E-state index in [2.05, 4.69) is 31.2 Å². The van der Waals surface area contributed by atoms with Crippen LogP contribution in [0.3, 0.4) is 0 Å². The fraction of sp³-hybridized carbons (Fsp3) is 0.444. The number of halogens is 1. The van der Waals surface area contributed by atoms with Crippen LogP contribution >= 0.6 is 15.9 Å². The highest BCUT2D eigenvalue weighted by Crippen LogP contribution is 2.20. The maximum Gasteiger partial charge on any atom is 0.248 e. The predicted octanol–water partition coefficient (Wildman–Crippen LogP) is 2.00. The summed E-state index contributed by atoms with van der Waals surface area (Å²) in [5, 5.41) is 8.09. The SMILES string of the molecule is Cc1noc(Cn2nc(C)c(Br)c2C)n1. The molecule has 2 heterocycles. The number of aromatic nitrogens is 4.